The SMILES string of the molecule is CC[C@@H](c1ccccc1F)n1cc(COCC2COC(C)(C)O2)nn1. The van der Waals surface area contributed by atoms with Crippen molar-refractivity contribution in [3.8, 4) is 0 Å². The highest BCUT2D eigenvalue weighted by Crippen LogP contribution is 2.24. The molecule has 1 fully saturated rings. The van der Waals surface area contributed by atoms with Crippen LogP contribution in [0.3, 0.4) is 0 Å². The largest absolute Gasteiger partial charge is 0.372 e. The molecule has 1 aliphatic heterocycles. The summed E-state index contributed by atoms with van der Waals surface area (Å²) in [6, 6.07) is 6.56. The third-order valence-electron chi connectivity index (χ3n) is 4.15. The van der Waals surface area contributed by atoms with E-state index in [-0.39, 0.29) is 18.0 Å². The van der Waals surface area contributed by atoms with Crippen LogP contribution in [-0.4, -0.2) is 40.1 Å². The van der Waals surface area contributed by atoms with Gasteiger partial charge in [0.15, 0.2) is 5.79 Å². The second-order valence-electron chi connectivity index (χ2n) is 6.60. The summed E-state index contributed by atoms with van der Waals surface area (Å²) >= 11 is 0. The van der Waals surface area contributed by atoms with Gasteiger partial charge >= 0.3 is 0 Å². The maximum Gasteiger partial charge on any atom is 0.163 e. The second kappa shape index (κ2) is 7.59. The molecule has 2 aromatic rings. The van der Waals surface area contributed by atoms with Crippen molar-refractivity contribution in [3.63, 3.8) is 0 Å². The molecule has 0 aliphatic carbocycles. The van der Waals surface area contributed by atoms with Gasteiger partial charge in [-0.05, 0) is 26.3 Å². The molecule has 2 heterocycles. The van der Waals surface area contributed by atoms with Crippen LogP contribution in [-0.2, 0) is 20.8 Å². The fourth-order valence-electron chi connectivity index (χ4n) is 2.97. The molecule has 6 nitrogen and oxygen atoms in total. The third-order valence-corrected chi connectivity index (χ3v) is 4.15. The van der Waals surface area contributed by atoms with Gasteiger partial charge in [0, 0.05) is 5.56 Å². The van der Waals surface area contributed by atoms with Crippen molar-refractivity contribution in [1.82, 2.24) is 15.0 Å². The Morgan fingerprint density at radius 1 is 1.40 bits per heavy atom. The van der Waals surface area contributed by atoms with Gasteiger partial charge in [-0.1, -0.05) is 30.3 Å². The standard InChI is InChI=1S/C18H24FN3O3/c1-4-17(15-7-5-6-8-16(15)19)22-9-13(20-21-22)10-23-11-14-12-24-18(2,3)25-14/h5-9,14,17H,4,10-12H2,1-3H3/t14?,17-/m0/s1. The lowest BCUT2D eigenvalue weighted by atomic mass is 10.0. The molecule has 3 rings (SSSR count). The van der Waals surface area contributed by atoms with Crippen LogP contribution in [0.15, 0.2) is 30.5 Å². The number of nitrogens with zero attached hydrogens (tertiary/aromatic N) is 3. The Morgan fingerprint density at radius 3 is 2.88 bits per heavy atom. The summed E-state index contributed by atoms with van der Waals surface area (Å²) in [4.78, 5) is 0. The summed E-state index contributed by atoms with van der Waals surface area (Å²) in [5.41, 5.74) is 1.31. The van der Waals surface area contributed by atoms with Crippen molar-refractivity contribution in [3.05, 3.63) is 47.5 Å². The molecule has 0 saturated carbocycles. The first-order valence-corrected chi connectivity index (χ1v) is 8.53. The summed E-state index contributed by atoms with van der Waals surface area (Å²) in [5.74, 6) is -0.783. The monoisotopic (exact) mass is 349 g/mol. The zero-order valence-corrected chi connectivity index (χ0v) is 14.8. The first-order valence-electron chi connectivity index (χ1n) is 8.53. The maximum atomic E-state index is 14.0. The zero-order valence-electron chi connectivity index (χ0n) is 14.8. The summed E-state index contributed by atoms with van der Waals surface area (Å²) in [7, 11) is 0. The molecule has 1 aromatic carbocycles. The minimum Gasteiger partial charge on any atom is -0.372 e. The maximum absolute atomic E-state index is 14.0. The summed E-state index contributed by atoms with van der Waals surface area (Å²) in [6.07, 6.45) is 2.44. The second-order valence-corrected chi connectivity index (χ2v) is 6.60. The molecule has 7 heteroatoms. The van der Waals surface area contributed by atoms with Gasteiger partial charge in [-0.25, -0.2) is 9.07 Å². The van der Waals surface area contributed by atoms with E-state index in [0.717, 1.165) is 0 Å². The van der Waals surface area contributed by atoms with E-state index in [2.05, 4.69) is 10.3 Å². The number of rotatable bonds is 7. The molecule has 136 valence electrons. The fraction of sp³-hybridized carbons (Fsp3) is 0.556. The molecule has 1 saturated heterocycles. The lowest BCUT2D eigenvalue weighted by Gasteiger charge is -2.17. The number of halogens is 1. The van der Waals surface area contributed by atoms with Gasteiger partial charge in [0.1, 0.15) is 17.6 Å². The lowest BCUT2D eigenvalue weighted by molar-refractivity contribution is -0.145. The van der Waals surface area contributed by atoms with E-state index in [0.29, 0.717) is 37.5 Å². The molecule has 2 atom stereocenters. The van der Waals surface area contributed by atoms with Crippen LogP contribution in [0.2, 0.25) is 0 Å². The van der Waals surface area contributed by atoms with E-state index in [1.807, 2.05) is 26.8 Å². The lowest BCUT2D eigenvalue weighted by Crippen LogP contribution is -2.24. The predicted octanol–water partition coefficient (Wildman–Crippen LogP) is 3.08. The molecule has 0 spiro atoms. The average molecular weight is 349 g/mol. The summed E-state index contributed by atoms with van der Waals surface area (Å²) in [6.45, 7) is 7.03. The first kappa shape index (κ1) is 18.0. The number of hydrogen-bond acceptors (Lipinski definition) is 5. The number of aromatic nitrogens is 3. The molecule has 1 aliphatic rings. The van der Waals surface area contributed by atoms with Crippen LogP contribution in [0.25, 0.3) is 0 Å². The van der Waals surface area contributed by atoms with E-state index in [9.17, 15) is 4.39 Å². The number of hydrogen-bond donors (Lipinski definition) is 0. The Bertz CT molecular complexity index is 704. The van der Waals surface area contributed by atoms with Crippen molar-refractivity contribution < 1.29 is 18.6 Å². The van der Waals surface area contributed by atoms with Gasteiger partial charge in [-0.15, -0.1) is 5.10 Å². The van der Waals surface area contributed by atoms with Gasteiger partial charge in [-0.3, -0.25) is 0 Å². The van der Waals surface area contributed by atoms with Crippen LogP contribution in [0.4, 0.5) is 4.39 Å². The van der Waals surface area contributed by atoms with Crippen LogP contribution in [0.1, 0.15) is 44.5 Å². The van der Waals surface area contributed by atoms with Crippen LogP contribution < -0.4 is 0 Å². The van der Waals surface area contributed by atoms with Gasteiger partial charge in [0.2, 0.25) is 0 Å². The third kappa shape index (κ3) is 4.42. The molecule has 1 unspecified atom stereocenters. The van der Waals surface area contributed by atoms with Crippen molar-refractivity contribution in [2.45, 2.75) is 51.7 Å². The van der Waals surface area contributed by atoms with Crippen molar-refractivity contribution in [1.29, 1.82) is 0 Å². The molecule has 0 amide bonds. The summed E-state index contributed by atoms with van der Waals surface area (Å²) < 4.78 is 32.6. The molecule has 0 bridgehead atoms. The van der Waals surface area contributed by atoms with E-state index < -0.39 is 5.79 Å². The Labute approximate surface area is 146 Å². The predicted molar refractivity (Wildman–Crippen MR) is 89.4 cm³/mol. The number of benzene rings is 1. The molecular weight excluding hydrogens is 325 g/mol. The van der Waals surface area contributed by atoms with Crippen LogP contribution in [0, 0.1) is 5.82 Å². The molecule has 25 heavy (non-hydrogen) atoms. The minimum absolute atomic E-state index is 0.0770. The smallest absolute Gasteiger partial charge is 0.163 e. The Hall–Kier alpha value is -1.83. The topological polar surface area (TPSA) is 58.4 Å². The highest BCUT2D eigenvalue weighted by Gasteiger charge is 2.32. The van der Waals surface area contributed by atoms with Gasteiger partial charge in [-0.2, -0.15) is 0 Å². The summed E-state index contributed by atoms with van der Waals surface area (Å²) in [5, 5.41) is 8.27. The average Bonchev–Trinajstić information content (AvgIpc) is 3.17. The normalized spacial score (nSPS) is 20.7. The van der Waals surface area contributed by atoms with Crippen LogP contribution in [0.5, 0.6) is 0 Å². The highest BCUT2D eigenvalue weighted by molar-refractivity contribution is 5.21. The quantitative estimate of drug-likeness (QED) is 0.769. The van der Waals surface area contributed by atoms with Gasteiger partial charge < -0.3 is 14.2 Å². The van der Waals surface area contributed by atoms with Crippen molar-refractivity contribution in [2.24, 2.45) is 0 Å². The van der Waals surface area contributed by atoms with E-state index >= 15 is 0 Å². The Kier molecular flexibility index (Phi) is 5.46. The highest BCUT2D eigenvalue weighted by atomic mass is 19.1. The Morgan fingerprint density at radius 2 is 2.20 bits per heavy atom. The zero-order chi connectivity index (χ0) is 17.9. The molecular formula is C18H24FN3O3. The molecule has 0 radical (unpaired) electrons. The van der Waals surface area contributed by atoms with E-state index in [1.54, 1.807) is 23.0 Å². The minimum atomic E-state index is -0.550. The van der Waals surface area contributed by atoms with E-state index in [1.165, 1.54) is 6.07 Å². The van der Waals surface area contributed by atoms with Crippen molar-refractivity contribution >= 4 is 0 Å². The van der Waals surface area contributed by atoms with Gasteiger partial charge in [0.25, 0.3) is 0 Å². The first-order chi connectivity index (χ1) is 12.0. The van der Waals surface area contributed by atoms with Gasteiger partial charge in [0.05, 0.1) is 32.1 Å². The van der Waals surface area contributed by atoms with Crippen molar-refractivity contribution in [2.75, 3.05) is 13.2 Å². The van der Waals surface area contributed by atoms with E-state index in [4.69, 9.17) is 14.2 Å². The Balaban J connectivity index is 1.57. The molecule has 0 N–H and O–H groups in total. The fourth-order valence-corrected chi connectivity index (χ4v) is 2.97. The number of ether oxygens (including phenoxy) is 3. The molecule has 1 aromatic heterocycles. The van der Waals surface area contributed by atoms with Crippen LogP contribution >= 0.6 is 0 Å².